The summed E-state index contributed by atoms with van der Waals surface area (Å²) < 4.78 is 6.03. The molecule has 0 N–H and O–H groups in total. The van der Waals surface area contributed by atoms with Crippen LogP contribution in [-0.4, -0.2) is 17.1 Å². The maximum Gasteiger partial charge on any atom is 0.245 e. The van der Waals surface area contributed by atoms with Crippen molar-refractivity contribution in [3.05, 3.63) is 58.7 Å². The smallest absolute Gasteiger partial charge is 0.245 e. The zero-order valence-corrected chi connectivity index (χ0v) is 11.8. The van der Waals surface area contributed by atoms with Crippen LogP contribution in [0.4, 0.5) is 0 Å². The van der Waals surface area contributed by atoms with E-state index in [0.29, 0.717) is 12.8 Å². The van der Waals surface area contributed by atoms with E-state index in [0.717, 1.165) is 12.0 Å². The Bertz CT molecular complexity index is 460. The summed E-state index contributed by atoms with van der Waals surface area (Å²) in [6.07, 6.45) is 3.51. The van der Waals surface area contributed by atoms with E-state index in [9.17, 15) is 10.1 Å². The number of rotatable bonds is 5. The van der Waals surface area contributed by atoms with Gasteiger partial charge in [0.05, 0.1) is 6.10 Å². The van der Waals surface area contributed by atoms with Gasteiger partial charge in [-0.25, -0.2) is 0 Å². The lowest BCUT2D eigenvalue weighted by Gasteiger charge is -2.36. The fraction of sp³-hybridized carbons (Fsp3) is 0.500. The Morgan fingerprint density at radius 2 is 2.15 bits per heavy atom. The maximum absolute atomic E-state index is 11.3. The highest BCUT2D eigenvalue weighted by atomic mass is 16.6. The first kappa shape index (κ1) is 14.7. The third-order valence-electron chi connectivity index (χ3n) is 3.94. The molecule has 108 valence electrons. The minimum Gasteiger partial charge on any atom is -0.363 e. The van der Waals surface area contributed by atoms with E-state index in [2.05, 4.69) is 6.58 Å². The molecule has 0 radical (unpaired) electrons. The fourth-order valence-corrected chi connectivity index (χ4v) is 2.94. The largest absolute Gasteiger partial charge is 0.363 e. The molecule has 1 aliphatic rings. The molecule has 2 rings (SSSR count). The normalized spacial score (nSPS) is 29.9. The summed E-state index contributed by atoms with van der Waals surface area (Å²) >= 11 is 0. The Labute approximate surface area is 119 Å². The Morgan fingerprint density at radius 1 is 1.45 bits per heavy atom. The minimum absolute atomic E-state index is 0.0769. The van der Waals surface area contributed by atoms with E-state index >= 15 is 0 Å². The predicted molar refractivity (Wildman–Crippen MR) is 78.1 cm³/mol. The van der Waals surface area contributed by atoms with Gasteiger partial charge in [0.2, 0.25) is 6.04 Å². The second-order valence-corrected chi connectivity index (χ2v) is 5.27. The lowest BCUT2D eigenvalue weighted by molar-refractivity contribution is -0.550. The lowest BCUT2D eigenvalue weighted by atomic mass is 9.83. The van der Waals surface area contributed by atoms with Crippen LogP contribution in [0.5, 0.6) is 0 Å². The van der Waals surface area contributed by atoms with E-state index < -0.39 is 6.04 Å². The quantitative estimate of drug-likeness (QED) is 0.467. The van der Waals surface area contributed by atoms with Crippen LogP contribution >= 0.6 is 0 Å². The monoisotopic (exact) mass is 275 g/mol. The number of benzene rings is 1. The van der Waals surface area contributed by atoms with Crippen molar-refractivity contribution in [2.45, 2.75) is 44.4 Å². The van der Waals surface area contributed by atoms with Gasteiger partial charge in [-0.3, -0.25) is 10.1 Å². The molecule has 1 heterocycles. The van der Waals surface area contributed by atoms with E-state index in [-0.39, 0.29) is 23.0 Å². The van der Waals surface area contributed by atoms with Crippen LogP contribution in [0.25, 0.3) is 0 Å². The highest BCUT2D eigenvalue weighted by Gasteiger charge is 2.44. The van der Waals surface area contributed by atoms with Crippen molar-refractivity contribution in [1.29, 1.82) is 0 Å². The molecular weight excluding hydrogens is 254 g/mol. The topological polar surface area (TPSA) is 52.4 Å². The third kappa shape index (κ3) is 3.07. The molecule has 0 aliphatic carbocycles. The molecule has 1 aromatic carbocycles. The molecule has 0 unspecified atom stereocenters. The molecule has 1 saturated heterocycles. The molecule has 0 amide bonds. The Hall–Kier alpha value is -1.68. The average Bonchev–Trinajstić information content (AvgIpc) is 2.47. The van der Waals surface area contributed by atoms with Gasteiger partial charge in [-0.05, 0) is 18.4 Å². The number of ether oxygens (including phenoxy) is 1. The van der Waals surface area contributed by atoms with Crippen LogP contribution in [0.2, 0.25) is 0 Å². The number of nitro groups is 1. The van der Waals surface area contributed by atoms with Gasteiger partial charge in [-0.1, -0.05) is 49.8 Å². The zero-order chi connectivity index (χ0) is 14.5. The van der Waals surface area contributed by atoms with Gasteiger partial charge < -0.3 is 4.74 Å². The average molecular weight is 275 g/mol. The Kier molecular flexibility index (Phi) is 4.90. The van der Waals surface area contributed by atoms with Crippen LogP contribution in [0.1, 0.15) is 37.9 Å². The second-order valence-electron chi connectivity index (χ2n) is 5.27. The van der Waals surface area contributed by atoms with Gasteiger partial charge in [0.1, 0.15) is 6.10 Å². The van der Waals surface area contributed by atoms with E-state index in [1.54, 1.807) is 6.08 Å². The Balaban J connectivity index is 2.24. The summed E-state index contributed by atoms with van der Waals surface area (Å²) in [4.78, 5) is 11.1. The summed E-state index contributed by atoms with van der Waals surface area (Å²) in [5, 5.41) is 11.3. The van der Waals surface area contributed by atoms with Gasteiger partial charge in [0, 0.05) is 10.8 Å². The van der Waals surface area contributed by atoms with Crippen molar-refractivity contribution in [1.82, 2.24) is 0 Å². The van der Waals surface area contributed by atoms with Crippen molar-refractivity contribution < 1.29 is 9.66 Å². The van der Waals surface area contributed by atoms with Gasteiger partial charge in [-0.2, -0.15) is 0 Å². The number of hydrogen-bond donors (Lipinski definition) is 0. The second kappa shape index (κ2) is 6.66. The molecule has 4 atom stereocenters. The Morgan fingerprint density at radius 3 is 2.70 bits per heavy atom. The van der Waals surface area contributed by atoms with E-state index in [4.69, 9.17) is 4.74 Å². The van der Waals surface area contributed by atoms with Gasteiger partial charge >= 0.3 is 0 Å². The molecule has 1 fully saturated rings. The third-order valence-corrected chi connectivity index (χ3v) is 3.94. The van der Waals surface area contributed by atoms with Crippen LogP contribution in [0.15, 0.2) is 43.0 Å². The summed E-state index contributed by atoms with van der Waals surface area (Å²) in [6, 6.07) is 9.25. The SMILES string of the molecule is C=C[C@H]1C[C@@H](c2ccccc2)O[C@H](CCC)[C@H]1[N+](=O)[O-]. The maximum atomic E-state index is 11.3. The van der Waals surface area contributed by atoms with Crippen molar-refractivity contribution in [2.75, 3.05) is 0 Å². The molecule has 0 spiro atoms. The summed E-state index contributed by atoms with van der Waals surface area (Å²) in [6.45, 7) is 5.80. The number of nitrogens with zero attached hydrogens (tertiary/aromatic N) is 1. The summed E-state index contributed by atoms with van der Waals surface area (Å²) in [7, 11) is 0. The van der Waals surface area contributed by atoms with Crippen LogP contribution in [0.3, 0.4) is 0 Å². The number of hydrogen-bond acceptors (Lipinski definition) is 3. The lowest BCUT2D eigenvalue weighted by Crippen LogP contribution is -2.46. The molecular formula is C16H21NO3. The first-order valence-electron chi connectivity index (χ1n) is 7.13. The molecule has 20 heavy (non-hydrogen) atoms. The molecule has 0 saturated carbocycles. The first-order chi connectivity index (χ1) is 9.67. The standard InChI is InChI=1S/C16H21NO3/c1-3-8-14-16(17(18)19)12(4-2)11-15(20-14)13-9-6-5-7-10-13/h4-7,9-10,12,14-16H,2-3,8,11H2,1H3/t12-,14+,15-,16-/m0/s1. The van der Waals surface area contributed by atoms with E-state index in [1.165, 1.54) is 0 Å². The van der Waals surface area contributed by atoms with E-state index in [1.807, 2.05) is 37.3 Å². The summed E-state index contributed by atoms with van der Waals surface area (Å²) in [5.74, 6) is -0.138. The van der Waals surface area contributed by atoms with Crippen molar-refractivity contribution in [2.24, 2.45) is 5.92 Å². The van der Waals surface area contributed by atoms with Crippen LogP contribution < -0.4 is 0 Å². The van der Waals surface area contributed by atoms with Gasteiger partial charge in [0.25, 0.3) is 0 Å². The summed E-state index contributed by atoms with van der Waals surface area (Å²) in [5.41, 5.74) is 1.09. The predicted octanol–water partition coefficient (Wildman–Crippen LogP) is 3.76. The highest BCUT2D eigenvalue weighted by Crippen LogP contribution is 2.38. The molecule has 0 aromatic heterocycles. The molecule has 1 aromatic rings. The van der Waals surface area contributed by atoms with Crippen molar-refractivity contribution in [3.63, 3.8) is 0 Å². The molecule has 0 bridgehead atoms. The van der Waals surface area contributed by atoms with Crippen LogP contribution in [0, 0.1) is 16.0 Å². The molecule has 4 heteroatoms. The van der Waals surface area contributed by atoms with Crippen molar-refractivity contribution in [3.8, 4) is 0 Å². The van der Waals surface area contributed by atoms with Gasteiger partial charge in [-0.15, -0.1) is 6.58 Å². The zero-order valence-electron chi connectivity index (χ0n) is 11.8. The first-order valence-corrected chi connectivity index (χ1v) is 7.13. The van der Waals surface area contributed by atoms with Gasteiger partial charge in [0.15, 0.2) is 0 Å². The fourth-order valence-electron chi connectivity index (χ4n) is 2.94. The highest BCUT2D eigenvalue weighted by molar-refractivity contribution is 5.19. The minimum atomic E-state index is -0.674. The molecule has 1 aliphatic heterocycles. The van der Waals surface area contributed by atoms with Crippen molar-refractivity contribution >= 4 is 0 Å². The molecule has 4 nitrogen and oxygen atoms in total. The van der Waals surface area contributed by atoms with Crippen LogP contribution in [-0.2, 0) is 4.74 Å².